The number of nitrogens with zero attached hydrogens (tertiary/aromatic N) is 1. The standard InChI is InChI=1S/C21H12F6N2O/c1-11-6-17(18(10-28)19(30)29-11)13-4-2-12(3-5-13)14-7-15(20(22,23)24)9-16(8-14)21(25,26)27/h2-9H,1H3,(H,29,30). The van der Waals surface area contributed by atoms with Gasteiger partial charge >= 0.3 is 12.4 Å². The molecule has 1 aromatic heterocycles. The molecule has 3 aromatic rings. The molecule has 0 spiro atoms. The molecule has 1 heterocycles. The smallest absolute Gasteiger partial charge is 0.325 e. The summed E-state index contributed by atoms with van der Waals surface area (Å²) < 4.78 is 78.4. The van der Waals surface area contributed by atoms with Gasteiger partial charge in [0.1, 0.15) is 11.6 Å². The summed E-state index contributed by atoms with van der Waals surface area (Å²) in [6.45, 7) is 1.61. The van der Waals surface area contributed by atoms with Crippen LogP contribution in [0.3, 0.4) is 0 Å². The monoisotopic (exact) mass is 422 g/mol. The first-order valence-electron chi connectivity index (χ1n) is 8.44. The topological polar surface area (TPSA) is 56.6 Å². The van der Waals surface area contributed by atoms with Crippen molar-refractivity contribution in [2.24, 2.45) is 0 Å². The first-order chi connectivity index (χ1) is 13.9. The Morgan fingerprint density at radius 1 is 0.800 bits per heavy atom. The maximum atomic E-state index is 13.1. The van der Waals surface area contributed by atoms with Crippen LogP contribution in [0.15, 0.2) is 53.3 Å². The van der Waals surface area contributed by atoms with Crippen molar-refractivity contribution < 1.29 is 26.3 Å². The third-order valence-corrected chi connectivity index (χ3v) is 4.40. The van der Waals surface area contributed by atoms with Crippen LogP contribution in [-0.2, 0) is 12.4 Å². The van der Waals surface area contributed by atoms with Crippen molar-refractivity contribution in [3.63, 3.8) is 0 Å². The summed E-state index contributed by atoms with van der Waals surface area (Å²) in [6, 6.07) is 10.2. The molecule has 0 radical (unpaired) electrons. The molecule has 154 valence electrons. The van der Waals surface area contributed by atoms with E-state index in [0.717, 1.165) is 0 Å². The Kier molecular flexibility index (Phi) is 5.20. The van der Waals surface area contributed by atoms with E-state index in [1.807, 2.05) is 0 Å². The van der Waals surface area contributed by atoms with Crippen LogP contribution in [0.1, 0.15) is 22.4 Å². The van der Waals surface area contributed by atoms with Crippen LogP contribution in [0, 0.1) is 18.3 Å². The molecule has 0 fully saturated rings. The molecule has 30 heavy (non-hydrogen) atoms. The largest absolute Gasteiger partial charge is 0.416 e. The van der Waals surface area contributed by atoms with E-state index in [1.165, 1.54) is 24.3 Å². The van der Waals surface area contributed by atoms with Gasteiger partial charge in [-0.15, -0.1) is 0 Å². The van der Waals surface area contributed by atoms with Crippen LogP contribution < -0.4 is 5.56 Å². The van der Waals surface area contributed by atoms with Crippen LogP contribution in [0.25, 0.3) is 22.3 Å². The number of pyridine rings is 1. The summed E-state index contributed by atoms with van der Waals surface area (Å²) in [5, 5.41) is 9.21. The zero-order valence-corrected chi connectivity index (χ0v) is 15.2. The van der Waals surface area contributed by atoms with Gasteiger partial charge in [0, 0.05) is 11.3 Å². The summed E-state index contributed by atoms with van der Waals surface area (Å²) in [5.74, 6) is 0. The maximum Gasteiger partial charge on any atom is 0.416 e. The fraction of sp³-hybridized carbons (Fsp3) is 0.143. The summed E-state index contributed by atoms with van der Waals surface area (Å²) >= 11 is 0. The van der Waals surface area contributed by atoms with Crippen LogP contribution in [0.4, 0.5) is 26.3 Å². The lowest BCUT2D eigenvalue weighted by Crippen LogP contribution is -2.12. The van der Waals surface area contributed by atoms with Crippen molar-refractivity contribution in [1.29, 1.82) is 5.26 Å². The molecular weight excluding hydrogens is 410 g/mol. The first kappa shape index (κ1) is 21.2. The van der Waals surface area contributed by atoms with Gasteiger partial charge in [-0.05, 0) is 47.9 Å². The molecule has 0 aliphatic carbocycles. The molecular formula is C21H12F6N2O. The fourth-order valence-corrected chi connectivity index (χ4v) is 2.99. The Hall–Kier alpha value is -3.54. The van der Waals surface area contributed by atoms with Gasteiger partial charge in [0.25, 0.3) is 5.56 Å². The van der Waals surface area contributed by atoms with Crippen molar-refractivity contribution >= 4 is 0 Å². The number of H-pyrrole nitrogens is 1. The molecule has 0 unspecified atom stereocenters. The second-order valence-electron chi connectivity index (χ2n) is 6.55. The minimum absolute atomic E-state index is 0.0656. The second-order valence-corrected chi connectivity index (χ2v) is 6.55. The number of aromatic amines is 1. The molecule has 0 saturated heterocycles. The van der Waals surface area contributed by atoms with E-state index >= 15 is 0 Å². The average Bonchev–Trinajstić information content (AvgIpc) is 2.66. The van der Waals surface area contributed by atoms with Gasteiger partial charge in [-0.1, -0.05) is 24.3 Å². The number of aryl methyl sites for hydroxylation is 1. The van der Waals surface area contributed by atoms with Crippen LogP contribution in [0.2, 0.25) is 0 Å². The predicted molar refractivity (Wildman–Crippen MR) is 97.4 cm³/mol. The fourth-order valence-electron chi connectivity index (χ4n) is 2.99. The highest BCUT2D eigenvalue weighted by molar-refractivity contribution is 5.74. The summed E-state index contributed by atoms with van der Waals surface area (Å²) in [6.07, 6.45) is -9.89. The van der Waals surface area contributed by atoms with Crippen molar-refractivity contribution in [3.8, 4) is 28.3 Å². The highest BCUT2D eigenvalue weighted by Gasteiger charge is 2.37. The molecule has 3 nitrogen and oxygen atoms in total. The number of hydrogen-bond acceptors (Lipinski definition) is 2. The minimum Gasteiger partial charge on any atom is -0.325 e. The van der Waals surface area contributed by atoms with Gasteiger partial charge in [-0.3, -0.25) is 4.79 Å². The third kappa shape index (κ3) is 4.22. The predicted octanol–water partition coefficient (Wildman–Crippen LogP) is 5.93. The minimum atomic E-state index is -4.94. The number of hydrogen-bond donors (Lipinski definition) is 1. The van der Waals surface area contributed by atoms with Crippen molar-refractivity contribution in [2.45, 2.75) is 19.3 Å². The number of alkyl halides is 6. The number of aromatic nitrogens is 1. The quantitative estimate of drug-likeness (QED) is 0.521. The molecule has 9 heteroatoms. The molecule has 0 aliphatic rings. The van der Waals surface area contributed by atoms with Crippen molar-refractivity contribution in [3.05, 3.63) is 81.3 Å². The Morgan fingerprint density at radius 2 is 1.30 bits per heavy atom. The Labute approximate surface area is 166 Å². The molecule has 0 atom stereocenters. The molecule has 0 amide bonds. The maximum absolute atomic E-state index is 13.1. The van der Waals surface area contributed by atoms with E-state index in [2.05, 4.69) is 4.98 Å². The van der Waals surface area contributed by atoms with Crippen LogP contribution in [-0.4, -0.2) is 4.98 Å². The van der Waals surface area contributed by atoms with Gasteiger partial charge in [0.05, 0.1) is 11.1 Å². The zero-order chi connectivity index (χ0) is 22.3. The van der Waals surface area contributed by atoms with Gasteiger partial charge in [-0.2, -0.15) is 31.6 Å². The van der Waals surface area contributed by atoms with Crippen LogP contribution >= 0.6 is 0 Å². The third-order valence-electron chi connectivity index (χ3n) is 4.40. The highest BCUT2D eigenvalue weighted by Crippen LogP contribution is 2.39. The van der Waals surface area contributed by atoms with E-state index in [9.17, 15) is 36.4 Å². The highest BCUT2D eigenvalue weighted by atomic mass is 19.4. The summed E-state index contributed by atoms with van der Waals surface area (Å²) in [4.78, 5) is 14.4. The molecule has 1 N–H and O–H groups in total. The number of nitrogens with one attached hydrogen (secondary N) is 1. The van der Waals surface area contributed by atoms with E-state index in [0.29, 0.717) is 29.0 Å². The Bertz CT molecular complexity index is 1170. The molecule has 0 aliphatic heterocycles. The Balaban J connectivity index is 2.12. The molecule has 3 rings (SSSR count). The van der Waals surface area contributed by atoms with Crippen molar-refractivity contribution in [2.75, 3.05) is 0 Å². The second kappa shape index (κ2) is 7.37. The molecule has 0 bridgehead atoms. The lowest BCUT2D eigenvalue weighted by atomic mass is 9.95. The first-order valence-corrected chi connectivity index (χ1v) is 8.44. The van der Waals surface area contributed by atoms with Crippen molar-refractivity contribution in [1.82, 2.24) is 4.98 Å². The normalized spacial score (nSPS) is 11.9. The van der Waals surface area contributed by atoms with E-state index in [-0.39, 0.29) is 22.8 Å². The van der Waals surface area contributed by atoms with Gasteiger partial charge in [0.15, 0.2) is 0 Å². The summed E-state index contributed by atoms with van der Waals surface area (Å²) in [7, 11) is 0. The summed E-state index contributed by atoms with van der Waals surface area (Å²) in [5.41, 5.74) is -2.47. The van der Waals surface area contributed by atoms with Gasteiger partial charge in [-0.25, -0.2) is 0 Å². The Morgan fingerprint density at radius 3 is 1.77 bits per heavy atom. The SMILES string of the molecule is Cc1cc(-c2ccc(-c3cc(C(F)(F)F)cc(C(F)(F)F)c3)cc2)c(C#N)c(=O)[nH]1. The van der Waals surface area contributed by atoms with Crippen LogP contribution in [0.5, 0.6) is 0 Å². The lowest BCUT2D eigenvalue weighted by molar-refractivity contribution is -0.143. The van der Waals surface area contributed by atoms with E-state index < -0.39 is 29.0 Å². The molecule has 0 saturated carbocycles. The zero-order valence-electron chi connectivity index (χ0n) is 15.2. The van der Waals surface area contributed by atoms with Gasteiger partial charge in [0.2, 0.25) is 0 Å². The average molecular weight is 422 g/mol. The lowest BCUT2D eigenvalue weighted by Gasteiger charge is -2.14. The number of halogens is 6. The van der Waals surface area contributed by atoms with E-state index in [1.54, 1.807) is 19.1 Å². The van der Waals surface area contributed by atoms with E-state index in [4.69, 9.17) is 0 Å². The number of benzene rings is 2. The van der Waals surface area contributed by atoms with Gasteiger partial charge < -0.3 is 4.98 Å². The molecule has 2 aromatic carbocycles. The number of rotatable bonds is 2. The number of nitriles is 1.